The number of benzene rings is 2. The minimum atomic E-state index is 0.754. The number of rotatable bonds is 4. The van der Waals surface area contributed by atoms with Crippen LogP contribution in [-0.4, -0.2) is 31.9 Å². The van der Waals surface area contributed by atoms with E-state index in [2.05, 4.69) is 58.9 Å². The summed E-state index contributed by atoms with van der Waals surface area (Å²) in [6, 6.07) is 12.4. The molecule has 0 unspecified atom stereocenters. The van der Waals surface area contributed by atoms with Crippen LogP contribution in [-0.2, 0) is 13.1 Å². The van der Waals surface area contributed by atoms with Gasteiger partial charge in [-0.05, 0) is 56.3 Å². The molecule has 0 radical (unpaired) electrons. The van der Waals surface area contributed by atoms with Crippen LogP contribution in [0.4, 0.5) is 0 Å². The molecular weight excluding hydrogens is 298 g/mol. The van der Waals surface area contributed by atoms with E-state index in [9.17, 15) is 0 Å². The third-order valence-electron chi connectivity index (χ3n) is 4.42. The molecule has 0 fully saturated rings. The molecule has 0 amide bonds. The van der Waals surface area contributed by atoms with E-state index in [-0.39, 0.29) is 0 Å². The summed E-state index contributed by atoms with van der Waals surface area (Å²) in [5.41, 5.74) is 6.78. The maximum Gasteiger partial charge on any atom is 0.121 e. The van der Waals surface area contributed by atoms with Crippen LogP contribution in [0.25, 0.3) is 22.1 Å². The van der Waals surface area contributed by atoms with Crippen molar-refractivity contribution in [3.63, 3.8) is 0 Å². The zero-order valence-electron chi connectivity index (χ0n) is 14.2. The van der Waals surface area contributed by atoms with Crippen molar-refractivity contribution in [2.45, 2.75) is 26.9 Å². The number of nitrogens with one attached hydrogen (secondary N) is 2. The van der Waals surface area contributed by atoms with Crippen LogP contribution in [0.3, 0.4) is 0 Å². The fourth-order valence-corrected chi connectivity index (χ4v) is 3.05. The Morgan fingerprint density at radius 3 is 2.21 bits per heavy atom. The van der Waals surface area contributed by atoms with Crippen LogP contribution in [0.15, 0.2) is 36.4 Å². The number of aromatic nitrogens is 4. The minimum Gasteiger partial charge on any atom is -0.341 e. The normalized spacial score (nSPS) is 11.8. The summed E-state index contributed by atoms with van der Waals surface area (Å²) >= 11 is 0. The van der Waals surface area contributed by atoms with Gasteiger partial charge >= 0.3 is 0 Å². The summed E-state index contributed by atoms with van der Waals surface area (Å²) in [5.74, 6) is 1.95. The largest absolute Gasteiger partial charge is 0.341 e. The first-order chi connectivity index (χ1) is 11.6. The Morgan fingerprint density at radius 1 is 0.833 bits per heavy atom. The van der Waals surface area contributed by atoms with Gasteiger partial charge in [-0.25, -0.2) is 9.97 Å². The highest BCUT2D eigenvalue weighted by Gasteiger charge is 2.10. The van der Waals surface area contributed by atoms with Crippen molar-refractivity contribution < 1.29 is 0 Å². The summed E-state index contributed by atoms with van der Waals surface area (Å²) in [6.45, 7) is 5.76. The van der Waals surface area contributed by atoms with Crippen LogP contribution in [0.5, 0.6) is 0 Å². The van der Waals surface area contributed by atoms with E-state index < -0.39 is 0 Å². The van der Waals surface area contributed by atoms with Crippen molar-refractivity contribution in [2.24, 2.45) is 0 Å². The molecule has 0 bridgehead atoms. The topological polar surface area (TPSA) is 60.6 Å². The molecule has 2 aromatic heterocycles. The Balaban J connectivity index is 1.52. The molecule has 24 heavy (non-hydrogen) atoms. The highest BCUT2D eigenvalue weighted by atomic mass is 15.1. The van der Waals surface area contributed by atoms with Crippen LogP contribution >= 0.6 is 0 Å². The predicted molar refractivity (Wildman–Crippen MR) is 96.8 cm³/mol. The van der Waals surface area contributed by atoms with Gasteiger partial charge in [0.1, 0.15) is 11.6 Å². The van der Waals surface area contributed by atoms with E-state index >= 15 is 0 Å². The van der Waals surface area contributed by atoms with Gasteiger partial charge in [-0.1, -0.05) is 12.1 Å². The molecule has 0 spiro atoms. The highest BCUT2D eigenvalue weighted by molar-refractivity contribution is 5.77. The maximum atomic E-state index is 4.71. The van der Waals surface area contributed by atoms with Crippen molar-refractivity contribution in [1.82, 2.24) is 24.8 Å². The van der Waals surface area contributed by atoms with Gasteiger partial charge in [0.2, 0.25) is 0 Å². The molecule has 0 saturated heterocycles. The fourth-order valence-electron chi connectivity index (χ4n) is 3.05. The van der Waals surface area contributed by atoms with Crippen LogP contribution < -0.4 is 0 Å². The van der Waals surface area contributed by atoms with Crippen molar-refractivity contribution in [2.75, 3.05) is 7.05 Å². The molecule has 0 saturated carbocycles. The number of para-hydroxylation sites is 2. The Kier molecular flexibility index (Phi) is 3.58. The first-order valence-corrected chi connectivity index (χ1v) is 8.16. The Hall–Kier alpha value is -2.66. The van der Waals surface area contributed by atoms with E-state index in [4.69, 9.17) is 4.98 Å². The quantitative estimate of drug-likeness (QED) is 0.603. The summed E-state index contributed by atoms with van der Waals surface area (Å²) in [7, 11) is 2.08. The van der Waals surface area contributed by atoms with Crippen LogP contribution in [0, 0.1) is 13.8 Å². The van der Waals surface area contributed by atoms with E-state index in [1.54, 1.807) is 0 Å². The molecule has 2 heterocycles. The lowest BCUT2D eigenvalue weighted by Crippen LogP contribution is -2.18. The maximum absolute atomic E-state index is 4.71. The van der Waals surface area contributed by atoms with E-state index in [0.29, 0.717) is 0 Å². The first kappa shape index (κ1) is 14.9. The lowest BCUT2D eigenvalue weighted by atomic mass is 10.1. The van der Waals surface area contributed by atoms with Gasteiger partial charge < -0.3 is 9.97 Å². The molecule has 4 aromatic rings. The minimum absolute atomic E-state index is 0.754. The third-order valence-corrected chi connectivity index (χ3v) is 4.42. The summed E-state index contributed by atoms with van der Waals surface area (Å²) in [4.78, 5) is 18.3. The molecule has 5 nitrogen and oxygen atoms in total. The first-order valence-electron chi connectivity index (χ1n) is 8.16. The van der Waals surface area contributed by atoms with Crippen LogP contribution in [0.2, 0.25) is 0 Å². The summed E-state index contributed by atoms with van der Waals surface area (Å²) < 4.78 is 0. The Bertz CT molecular complexity index is 939. The van der Waals surface area contributed by atoms with Crippen molar-refractivity contribution in [1.29, 1.82) is 0 Å². The second kappa shape index (κ2) is 5.76. The summed E-state index contributed by atoms with van der Waals surface area (Å²) in [5, 5.41) is 0. The average molecular weight is 319 g/mol. The van der Waals surface area contributed by atoms with Gasteiger partial charge in [0, 0.05) is 0 Å². The molecule has 0 aliphatic carbocycles. The molecule has 0 atom stereocenters. The summed E-state index contributed by atoms with van der Waals surface area (Å²) in [6.07, 6.45) is 0. The molecule has 0 aliphatic rings. The van der Waals surface area contributed by atoms with Gasteiger partial charge in [-0.2, -0.15) is 0 Å². The molecular formula is C19H21N5. The number of hydrogen-bond acceptors (Lipinski definition) is 3. The number of imidazole rings is 2. The molecule has 5 heteroatoms. The number of fused-ring (bicyclic) bond motifs is 2. The van der Waals surface area contributed by atoms with Gasteiger partial charge in [-0.3, -0.25) is 4.90 Å². The smallest absolute Gasteiger partial charge is 0.121 e. The van der Waals surface area contributed by atoms with Crippen molar-refractivity contribution in [3.05, 3.63) is 59.2 Å². The number of nitrogens with zero attached hydrogens (tertiary/aromatic N) is 3. The van der Waals surface area contributed by atoms with Gasteiger partial charge in [0.25, 0.3) is 0 Å². The van der Waals surface area contributed by atoms with E-state index in [0.717, 1.165) is 46.8 Å². The molecule has 2 aromatic carbocycles. The standard InChI is InChI=1S/C19H21N5/c1-12-8-16-17(9-13(12)2)23-19(22-16)11-24(3)10-18-20-14-6-4-5-7-15(14)21-18/h4-9H,10-11H2,1-3H3,(H,20,21)(H,22,23). The second-order valence-electron chi connectivity index (χ2n) is 6.51. The van der Waals surface area contributed by atoms with E-state index in [1.807, 2.05) is 18.2 Å². The predicted octanol–water partition coefficient (Wildman–Crippen LogP) is 3.69. The van der Waals surface area contributed by atoms with Gasteiger partial charge in [0.05, 0.1) is 35.2 Å². The monoisotopic (exact) mass is 319 g/mol. The van der Waals surface area contributed by atoms with Crippen molar-refractivity contribution >= 4 is 22.1 Å². The Morgan fingerprint density at radius 2 is 1.46 bits per heavy atom. The second-order valence-corrected chi connectivity index (χ2v) is 6.51. The third kappa shape index (κ3) is 2.78. The van der Waals surface area contributed by atoms with Crippen LogP contribution in [0.1, 0.15) is 22.8 Å². The van der Waals surface area contributed by atoms with E-state index in [1.165, 1.54) is 11.1 Å². The fraction of sp³-hybridized carbons (Fsp3) is 0.263. The lowest BCUT2D eigenvalue weighted by molar-refractivity contribution is 0.305. The number of aromatic amines is 2. The highest BCUT2D eigenvalue weighted by Crippen LogP contribution is 2.18. The molecule has 122 valence electrons. The van der Waals surface area contributed by atoms with Crippen molar-refractivity contribution in [3.8, 4) is 0 Å². The number of hydrogen-bond donors (Lipinski definition) is 2. The zero-order valence-corrected chi connectivity index (χ0v) is 14.2. The molecule has 4 rings (SSSR count). The average Bonchev–Trinajstić information content (AvgIpc) is 3.10. The lowest BCUT2D eigenvalue weighted by Gasteiger charge is -2.12. The molecule has 2 N–H and O–H groups in total. The number of H-pyrrole nitrogens is 2. The molecule has 0 aliphatic heterocycles. The van der Waals surface area contributed by atoms with Gasteiger partial charge in [0.15, 0.2) is 0 Å². The Labute approximate surface area is 140 Å². The SMILES string of the molecule is Cc1cc2nc(CN(C)Cc3nc4ccccc4[nH]3)[nH]c2cc1C. The van der Waals surface area contributed by atoms with Gasteiger partial charge in [-0.15, -0.1) is 0 Å². The zero-order chi connectivity index (χ0) is 16.7. The number of aryl methyl sites for hydroxylation is 2.